The number of pyridine rings is 2. The van der Waals surface area contributed by atoms with Gasteiger partial charge < -0.3 is 15.4 Å². The molecule has 2 heterocycles. The Morgan fingerprint density at radius 3 is 1.44 bits per heavy atom. The number of rotatable bonds is 4. The minimum atomic E-state index is -1.50. The van der Waals surface area contributed by atoms with Crippen molar-refractivity contribution in [1.29, 1.82) is 0 Å². The predicted octanol–water partition coefficient (Wildman–Crippen LogP) is 2.33. The van der Waals surface area contributed by atoms with Gasteiger partial charge in [-0.1, -0.05) is 13.8 Å². The summed E-state index contributed by atoms with van der Waals surface area (Å²) in [5.41, 5.74) is 2.25. The van der Waals surface area contributed by atoms with Crippen molar-refractivity contribution in [2.45, 2.75) is 26.7 Å². The average Bonchev–Trinajstić information content (AvgIpc) is 2.61. The maximum absolute atomic E-state index is 10.5. The first-order valence-corrected chi connectivity index (χ1v) is 7.40. The summed E-state index contributed by atoms with van der Waals surface area (Å²) in [5, 5.41) is 31.0. The molecule has 0 saturated carbocycles. The van der Waals surface area contributed by atoms with Gasteiger partial charge in [0.15, 0.2) is 0 Å². The van der Waals surface area contributed by atoms with Crippen molar-refractivity contribution in [3.63, 3.8) is 0 Å². The fourth-order valence-electron chi connectivity index (χ4n) is 1.85. The second kappa shape index (κ2) is 14.4. The molecule has 3 N–H and O–H groups in total. The molecule has 2 aromatic heterocycles. The molecule has 0 aliphatic heterocycles. The van der Waals surface area contributed by atoms with Gasteiger partial charge in [0.05, 0.1) is 11.1 Å². The van der Waals surface area contributed by atoms with Crippen LogP contribution in [0.15, 0.2) is 36.9 Å². The maximum atomic E-state index is 10.5. The van der Waals surface area contributed by atoms with Crippen molar-refractivity contribution in [3.05, 3.63) is 69.3 Å². The Kier molecular flexibility index (Phi) is 14.0. The first kappa shape index (κ1) is 26.4. The summed E-state index contributed by atoms with van der Waals surface area (Å²) < 4.78 is 0. The third-order valence-electron chi connectivity index (χ3n) is 3.05. The zero-order valence-electron chi connectivity index (χ0n) is 14.5. The van der Waals surface area contributed by atoms with Crippen LogP contribution in [0.4, 0.5) is 0 Å². The summed E-state index contributed by atoms with van der Waals surface area (Å²) >= 11 is 0. The average molecular weight is 473 g/mol. The molecule has 0 radical (unpaired) electrons. The van der Waals surface area contributed by atoms with E-state index in [2.05, 4.69) is 9.97 Å². The molecule has 150 valence electrons. The Balaban J connectivity index is 0. The monoisotopic (exact) mass is 472 g/mol. The molecule has 0 amide bonds. The van der Waals surface area contributed by atoms with Crippen LogP contribution in [0.3, 0.4) is 0 Å². The fourth-order valence-corrected chi connectivity index (χ4v) is 1.85. The topological polar surface area (TPSA) is 164 Å². The van der Waals surface area contributed by atoms with Crippen LogP contribution in [0.2, 0.25) is 0 Å². The normalized spacial score (nSPS) is 8.67. The third kappa shape index (κ3) is 10.7. The minimum absolute atomic E-state index is 0. The summed E-state index contributed by atoms with van der Waals surface area (Å²) in [4.78, 5) is 36.9. The fraction of sp³-hybridized carbons (Fsp3) is 0.250. The molecule has 27 heavy (non-hydrogen) atoms. The second-order valence-corrected chi connectivity index (χ2v) is 4.62. The Morgan fingerprint density at radius 2 is 1.26 bits per heavy atom. The van der Waals surface area contributed by atoms with E-state index in [9.17, 15) is 9.59 Å². The summed E-state index contributed by atoms with van der Waals surface area (Å²) in [6.45, 7) is 3.84. The Labute approximate surface area is 170 Å². The van der Waals surface area contributed by atoms with E-state index < -0.39 is 17.0 Å². The number of carboxylic acids is 2. The molecule has 11 heteroatoms. The van der Waals surface area contributed by atoms with Crippen molar-refractivity contribution < 1.29 is 52.5 Å². The molecule has 0 unspecified atom stereocenters. The number of carboxylic acid groups (broad SMARTS) is 2. The number of hydrogen-bond acceptors (Lipinski definition) is 6. The van der Waals surface area contributed by atoms with Gasteiger partial charge in [-0.25, -0.2) is 9.59 Å². The van der Waals surface area contributed by atoms with E-state index in [0.717, 1.165) is 24.0 Å². The number of hydrogen-bond donors (Lipinski definition) is 3. The maximum Gasteiger partial charge on any atom is 1.00 e. The second-order valence-electron chi connectivity index (χ2n) is 4.62. The molecule has 10 nitrogen and oxygen atoms in total. The Morgan fingerprint density at radius 1 is 0.963 bits per heavy atom. The standard InChI is InChI=1S/2C8H9NO2.Ag.HNO3/c2*1-2-6-3-4-9-5-7(6)8(10)11;;2-1(3)4/h2*3-5H,2H2,1H3,(H,10,11);;(H,2,3,4)/q;;+1;. The van der Waals surface area contributed by atoms with E-state index in [1.54, 1.807) is 24.5 Å². The van der Waals surface area contributed by atoms with Crippen LogP contribution in [-0.4, -0.2) is 42.4 Å². The zero-order chi connectivity index (χ0) is 20.1. The molecule has 0 spiro atoms. The molecule has 0 atom stereocenters. The van der Waals surface area contributed by atoms with E-state index in [4.69, 9.17) is 25.5 Å². The predicted molar refractivity (Wildman–Crippen MR) is 89.9 cm³/mol. The van der Waals surface area contributed by atoms with Crippen molar-refractivity contribution in [3.8, 4) is 0 Å². The van der Waals surface area contributed by atoms with Gasteiger partial charge in [-0.15, -0.1) is 10.1 Å². The van der Waals surface area contributed by atoms with E-state index >= 15 is 0 Å². The SMILES string of the molecule is CCc1ccncc1C(=O)O.CCc1ccncc1C(=O)O.O=[N+]([O-])O.[Ag+]. The van der Waals surface area contributed by atoms with E-state index in [0.29, 0.717) is 11.1 Å². The van der Waals surface area contributed by atoms with Gasteiger partial charge >= 0.3 is 34.3 Å². The molecular weight excluding hydrogens is 454 g/mol. The van der Waals surface area contributed by atoms with E-state index in [-0.39, 0.29) is 22.4 Å². The van der Waals surface area contributed by atoms with Gasteiger partial charge in [-0.2, -0.15) is 0 Å². The van der Waals surface area contributed by atoms with Gasteiger partial charge in [0.2, 0.25) is 0 Å². The molecule has 0 aliphatic rings. The summed E-state index contributed by atoms with van der Waals surface area (Å²) in [5.74, 6) is -1.81. The molecular formula is C16H19AgN3O7+. The molecule has 2 aromatic rings. The van der Waals surface area contributed by atoms with Gasteiger partial charge in [-0.05, 0) is 36.1 Å². The summed E-state index contributed by atoms with van der Waals surface area (Å²) in [6.07, 6.45) is 7.41. The Hall–Kier alpha value is -2.82. The molecule has 2 rings (SSSR count). The molecule has 0 saturated heterocycles. The van der Waals surface area contributed by atoms with Crippen molar-refractivity contribution >= 4 is 11.9 Å². The number of nitrogens with zero attached hydrogens (tertiary/aromatic N) is 3. The first-order valence-electron chi connectivity index (χ1n) is 7.40. The van der Waals surface area contributed by atoms with Crippen LogP contribution < -0.4 is 0 Å². The van der Waals surface area contributed by atoms with Crippen molar-refractivity contribution in [2.24, 2.45) is 0 Å². The first-order chi connectivity index (χ1) is 12.2. The number of carbonyl (C=O) groups is 2. The van der Waals surface area contributed by atoms with Crippen LogP contribution in [0.25, 0.3) is 0 Å². The molecule has 0 fully saturated rings. The van der Waals surface area contributed by atoms with Crippen LogP contribution >= 0.6 is 0 Å². The molecule has 0 aliphatic carbocycles. The van der Waals surface area contributed by atoms with Crippen LogP contribution in [-0.2, 0) is 35.2 Å². The molecule has 0 bridgehead atoms. The molecule has 0 aromatic carbocycles. The van der Waals surface area contributed by atoms with Gasteiger partial charge in [0.25, 0.3) is 5.09 Å². The van der Waals surface area contributed by atoms with E-state index in [1.165, 1.54) is 12.4 Å². The summed E-state index contributed by atoms with van der Waals surface area (Å²) in [7, 11) is 0. The number of aryl methyl sites for hydroxylation is 2. The number of aromatic nitrogens is 2. The van der Waals surface area contributed by atoms with Crippen LogP contribution in [0.1, 0.15) is 45.7 Å². The van der Waals surface area contributed by atoms with E-state index in [1.807, 2.05) is 13.8 Å². The third-order valence-corrected chi connectivity index (χ3v) is 3.05. The number of aromatic carboxylic acids is 2. The summed E-state index contributed by atoms with van der Waals surface area (Å²) in [6, 6.07) is 3.45. The van der Waals surface area contributed by atoms with Gasteiger partial charge in [0, 0.05) is 24.8 Å². The van der Waals surface area contributed by atoms with Crippen molar-refractivity contribution in [1.82, 2.24) is 9.97 Å². The van der Waals surface area contributed by atoms with Gasteiger partial charge in [-0.3, -0.25) is 9.97 Å². The van der Waals surface area contributed by atoms with Crippen LogP contribution in [0, 0.1) is 10.1 Å². The Bertz CT molecular complexity index is 695. The van der Waals surface area contributed by atoms with Crippen molar-refractivity contribution in [2.75, 3.05) is 0 Å². The minimum Gasteiger partial charge on any atom is -0.478 e. The largest absolute Gasteiger partial charge is 1.00 e. The zero-order valence-corrected chi connectivity index (χ0v) is 16.0. The smallest absolute Gasteiger partial charge is 0.478 e. The quantitative estimate of drug-likeness (QED) is 0.344. The van der Waals surface area contributed by atoms with Crippen LogP contribution in [0.5, 0.6) is 0 Å². The van der Waals surface area contributed by atoms with Gasteiger partial charge in [0.1, 0.15) is 0 Å².